The lowest BCUT2D eigenvalue weighted by molar-refractivity contribution is -0.134. The zero-order chi connectivity index (χ0) is 14.8. The maximum Gasteiger partial charge on any atom is 0.237 e. The SMILES string of the molecule is CC1CCN(CC(=O)N2CCc3sccc3C2)C(CN)C1.Cl. The molecule has 0 aliphatic carbocycles. The van der Waals surface area contributed by atoms with Gasteiger partial charge in [0, 0.05) is 30.6 Å². The molecular formula is C16H26ClN3OS. The Morgan fingerprint density at radius 3 is 3.05 bits per heavy atom. The summed E-state index contributed by atoms with van der Waals surface area (Å²) < 4.78 is 0. The van der Waals surface area contributed by atoms with Crippen LogP contribution < -0.4 is 5.73 Å². The summed E-state index contributed by atoms with van der Waals surface area (Å²) in [6.45, 7) is 6.14. The van der Waals surface area contributed by atoms with Crippen LogP contribution in [0.5, 0.6) is 0 Å². The van der Waals surface area contributed by atoms with E-state index in [4.69, 9.17) is 5.73 Å². The molecule has 1 aromatic rings. The highest BCUT2D eigenvalue weighted by molar-refractivity contribution is 7.10. The zero-order valence-corrected chi connectivity index (χ0v) is 14.8. The number of nitrogens with zero attached hydrogens (tertiary/aromatic N) is 2. The number of fused-ring (bicyclic) bond motifs is 1. The number of thiophene rings is 1. The second kappa shape index (κ2) is 7.77. The Bertz CT molecular complexity index is 507. The van der Waals surface area contributed by atoms with Crippen LogP contribution >= 0.6 is 23.7 Å². The number of halogens is 1. The predicted octanol–water partition coefficient (Wildman–Crippen LogP) is 2.11. The summed E-state index contributed by atoms with van der Waals surface area (Å²) in [6.07, 6.45) is 3.31. The lowest BCUT2D eigenvalue weighted by Crippen LogP contribution is -2.51. The van der Waals surface area contributed by atoms with Gasteiger partial charge in [-0.25, -0.2) is 0 Å². The van der Waals surface area contributed by atoms with Crippen LogP contribution in [0.25, 0.3) is 0 Å². The van der Waals surface area contributed by atoms with E-state index in [0.717, 1.165) is 38.4 Å². The van der Waals surface area contributed by atoms with E-state index in [1.165, 1.54) is 16.9 Å². The summed E-state index contributed by atoms with van der Waals surface area (Å²) in [5.41, 5.74) is 7.23. The molecule has 1 fully saturated rings. The summed E-state index contributed by atoms with van der Waals surface area (Å²) in [4.78, 5) is 18.3. The average molecular weight is 344 g/mol. The molecule has 124 valence electrons. The minimum absolute atomic E-state index is 0. The molecule has 2 aliphatic rings. The number of carbonyl (C=O) groups is 1. The van der Waals surface area contributed by atoms with Crippen molar-refractivity contribution in [1.29, 1.82) is 0 Å². The van der Waals surface area contributed by atoms with Crippen molar-refractivity contribution in [3.8, 4) is 0 Å². The highest BCUT2D eigenvalue weighted by Gasteiger charge is 2.29. The van der Waals surface area contributed by atoms with Gasteiger partial charge in [-0.05, 0) is 48.7 Å². The molecule has 1 amide bonds. The number of nitrogens with two attached hydrogens (primary N) is 1. The summed E-state index contributed by atoms with van der Waals surface area (Å²) >= 11 is 1.81. The van der Waals surface area contributed by atoms with E-state index in [9.17, 15) is 4.79 Å². The smallest absolute Gasteiger partial charge is 0.237 e. The zero-order valence-electron chi connectivity index (χ0n) is 13.2. The monoisotopic (exact) mass is 343 g/mol. The Morgan fingerprint density at radius 1 is 1.45 bits per heavy atom. The predicted molar refractivity (Wildman–Crippen MR) is 93.5 cm³/mol. The van der Waals surface area contributed by atoms with Crippen LogP contribution in [0.1, 0.15) is 30.2 Å². The summed E-state index contributed by atoms with van der Waals surface area (Å²) in [5, 5.41) is 2.13. The van der Waals surface area contributed by atoms with Gasteiger partial charge in [0.2, 0.25) is 5.91 Å². The van der Waals surface area contributed by atoms with Crippen LogP contribution in [-0.4, -0.2) is 47.9 Å². The van der Waals surface area contributed by atoms with Crippen molar-refractivity contribution in [3.05, 3.63) is 21.9 Å². The summed E-state index contributed by atoms with van der Waals surface area (Å²) in [6, 6.07) is 2.53. The number of likely N-dealkylation sites (tertiary alicyclic amines) is 1. The van der Waals surface area contributed by atoms with E-state index in [1.807, 2.05) is 16.2 Å². The Kier molecular flexibility index (Phi) is 6.26. The number of amides is 1. The minimum Gasteiger partial charge on any atom is -0.337 e. The fourth-order valence-electron chi connectivity index (χ4n) is 3.49. The lowest BCUT2D eigenvalue weighted by Gasteiger charge is -2.39. The second-order valence-corrected chi connectivity index (χ2v) is 7.42. The number of hydrogen-bond donors (Lipinski definition) is 1. The Labute approximate surface area is 143 Å². The quantitative estimate of drug-likeness (QED) is 0.914. The maximum absolute atomic E-state index is 12.6. The number of rotatable bonds is 3. The van der Waals surface area contributed by atoms with Crippen molar-refractivity contribution < 1.29 is 4.79 Å². The third-order valence-electron chi connectivity index (χ3n) is 4.87. The molecule has 0 aromatic carbocycles. The van der Waals surface area contributed by atoms with Crippen LogP contribution in [0.4, 0.5) is 0 Å². The maximum atomic E-state index is 12.6. The molecule has 2 atom stereocenters. The van der Waals surface area contributed by atoms with Crippen molar-refractivity contribution in [2.75, 3.05) is 26.2 Å². The first-order chi connectivity index (χ1) is 10.2. The van der Waals surface area contributed by atoms with Gasteiger partial charge < -0.3 is 10.6 Å². The van der Waals surface area contributed by atoms with E-state index >= 15 is 0 Å². The second-order valence-electron chi connectivity index (χ2n) is 6.42. The normalized spacial score (nSPS) is 25.5. The van der Waals surface area contributed by atoms with Crippen LogP contribution in [0.15, 0.2) is 11.4 Å². The molecule has 0 bridgehead atoms. The van der Waals surface area contributed by atoms with Gasteiger partial charge in [0.25, 0.3) is 0 Å². The van der Waals surface area contributed by atoms with E-state index in [1.54, 1.807) is 0 Å². The van der Waals surface area contributed by atoms with Gasteiger partial charge in [0.05, 0.1) is 6.54 Å². The third kappa shape index (κ3) is 3.82. The van der Waals surface area contributed by atoms with Crippen molar-refractivity contribution in [3.63, 3.8) is 0 Å². The molecule has 0 saturated carbocycles. The van der Waals surface area contributed by atoms with Crippen LogP contribution in [0.2, 0.25) is 0 Å². The highest BCUT2D eigenvalue weighted by Crippen LogP contribution is 2.25. The molecule has 0 radical (unpaired) electrons. The Hall–Kier alpha value is -0.620. The van der Waals surface area contributed by atoms with Gasteiger partial charge in [0.15, 0.2) is 0 Å². The van der Waals surface area contributed by atoms with Crippen molar-refractivity contribution in [1.82, 2.24) is 9.80 Å². The molecule has 1 aromatic heterocycles. The van der Waals surface area contributed by atoms with E-state index in [0.29, 0.717) is 19.1 Å². The molecule has 0 spiro atoms. The standard InChI is InChI=1S/C16H25N3OS.ClH/c1-12-2-5-18(14(8-12)9-17)11-16(20)19-6-3-15-13(10-19)4-7-21-15;/h4,7,12,14H,2-3,5-6,8-11,17H2,1H3;1H. The highest BCUT2D eigenvalue weighted by atomic mass is 35.5. The van der Waals surface area contributed by atoms with Crippen LogP contribution in [0.3, 0.4) is 0 Å². The van der Waals surface area contributed by atoms with Crippen LogP contribution in [0, 0.1) is 5.92 Å². The first kappa shape index (κ1) is 17.7. The molecular weight excluding hydrogens is 318 g/mol. The van der Waals surface area contributed by atoms with Gasteiger partial charge in [-0.1, -0.05) is 6.92 Å². The molecule has 1 saturated heterocycles. The molecule has 6 heteroatoms. The van der Waals surface area contributed by atoms with Crippen molar-refractivity contribution >= 4 is 29.7 Å². The van der Waals surface area contributed by atoms with Gasteiger partial charge in [-0.2, -0.15) is 0 Å². The van der Waals surface area contributed by atoms with Crippen LogP contribution in [-0.2, 0) is 17.8 Å². The van der Waals surface area contributed by atoms with Crippen molar-refractivity contribution in [2.45, 2.75) is 38.8 Å². The van der Waals surface area contributed by atoms with E-state index < -0.39 is 0 Å². The first-order valence-corrected chi connectivity index (χ1v) is 8.82. The summed E-state index contributed by atoms with van der Waals surface area (Å²) in [5.74, 6) is 0.994. The fourth-order valence-corrected chi connectivity index (χ4v) is 4.38. The molecule has 22 heavy (non-hydrogen) atoms. The van der Waals surface area contributed by atoms with Gasteiger partial charge in [-0.15, -0.1) is 23.7 Å². The van der Waals surface area contributed by atoms with Gasteiger partial charge >= 0.3 is 0 Å². The van der Waals surface area contributed by atoms with E-state index in [-0.39, 0.29) is 18.3 Å². The molecule has 2 N–H and O–H groups in total. The van der Waals surface area contributed by atoms with E-state index in [2.05, 4.69) is 23.3 Å². The first-order valence-electron chi connectivity index (χ1n) is 7.94. The molecule has 4 nitrogen and oxygen atoms in total. The van der Waals surface area contributed by atoms with Gasteiger partial charge in [0.1, 0.15) is 0 Å². The topological polar surface area (TPSA) is 49.6 Å². The molecule has 2 unspecified atom stereocenters. The number of piperidine rings is 1. The largest absolute Gasteiger partial charge is 0.337 e. The average Bonchev–Trinajstić information content (AvgIpc) is 2.96. The summed E-state index contributed by atoms with van der Waals surface area (Å²) in [7, 11) is 0. The molecule has 3 rings (SSSR count). The fraction of sp³-hybridized carbons (Fsp3) is 0.688. The van der Waals surface area contributed by atoms with Crippen molar-refractivity contribution in [2.24, 2.45) is 11.7 Å². The lowest BCUT2D eigenvalue weighted by atomic mass is 9.92. The van der Waals surface area contributed by atoms with Gasteiger partial charge in [-0.3, -0.25) is 9.69 Å². The molecule has 3 heterocycles. The minimum atomic E-state index is 0. The Morgan fingerprint density at radius 2 is 2.27 bits per heavy atom. The third-order valence-corrected chi connectivity index (χ3v) is 5.89. The number of hydrogen-bond acceptors (Lipinski definition) is 4. The number of carbonyl (C=O) groups excluding carboxylic acids is 1. The molecule has 2 aliphatic heterocycles. The Balaban J connectivity index is 0.00000176.